The molecule has 7 nitrogen and oxygen atoms in total. The van der Waals surface area contributed by atoms with Crippen molar-refractivity contribution in [3.63, 3.8) is 0 Å². The number of rotatable bonds is 4. The van der Waals surface area contributed by atoms with Gasteiger partial charge in [-0.15, -0.1) is 0 Å². The molecular formula is C25H24FN5O2. The predicted molar refractivity (Wildman–Crippen MR) is 120 cm³/mol. The van der Waals surface area contributed by atoms with Crippen molar-refractivity contribution in [2.24, 2.45) is 5.92 Å². The van der Waals surface area contributed by atoms with Gasteiger partial charge in [-0.25, -0.2) is 14.4 Å². The minimum absolute atomic E-state index is 0.0977. The second-order valence-corrected chi connectivity index (χ2v) is 9.16. The highest BCUT2D eigenvalue weighted by molar-refractivity contribution is 5.65. The Hall–Kier alpha value is -3.52. The number of fused-ring (bicyclic) bond motifs is 1. The molecule has 33 heavy (non-hydrogen) atoms. The molecule has 1 aliphatic carbocycles. The van der Waals surface area contributed by atoms with E-state index in [1.165, 1.54) is 12.3 Å². The molecule has 168 valence electrons. The molecule has 0 bridgehead atoms. The molecule has 2 unspecified atom stereocenters. The molecular weight excluding hydrogens is 421 g/mol. The third kappa shape index (κ3) is 3.80. The second kappa shape index (κ2) is 7.81. The van der Waals surface area contributed by atoms with Crippen molar-refractivity contribution in [2.45, 2.75) is 45.6 Å². The lowest BCUT2D eigenvalue weighted by Gasteiger charge is -2.15. The SMILES string of the molecule is Cc1cccc(F)c1-c1cc2c(nn1)C(c1cncc(-c3nc(C(C)(C)O)co3)n1)C(C)C2. The van der Waals surface area contributed by atoms with Crippen LogP contribution in [0.1, 0.15) is 54.9 Å². The molecule has 8 heteroatoms. The van der Waals surface area contributed by atoms with Gasteiger partial charge in [-0.3, -0.25) is 4.98 Å². The molecule has 0 saturated carbocycles. The van der Waals surface area contributed by atoms with E-state index < -0.39 is 5.60 Å². The van der Waals surface area contributed by atoms with Gasteiger partial charge < -0.3 is 9.52 Å². The number of aliphatic hydroxyl groups is 1. The van der Waals surface area contributed by atoms with Crippen LogP contribution in [-0.2, 0) is 12.0 Å². The van der Waals surface area contributed by atoms with E-state index in [9.17, 15) is 9.50 Å². The van der Waals surface area contributed by atoms with E-state index in [1.54, 1.807) is 32.3 Å². The van der Waals surface area contributed by atoms with Gasteiger partial charge in [0.25, 0.3) is 0 Å². The van der Waals surface area contributed by atoms with Crippen LogP contribution in [0.5, 0.6) is 0 Å². The van der Waals surface area contributed by atoms with Gasteiger partial charge >= 0.3 is 0 Å². The van der Waals surface area contributed by atoms with Crippen LogP contribution in [0.2, 0.25) is 0 Å². The molecule has 1 N–H and O–H groups in total. The molecule has 3 heterocycles. The minimum atomic E-state index is -1.12. The van der Waals surface area contributed by atoms with E-state index in [0.717, 1.165) is 28.9 Å². The molecule has 0 spiro atoms. The quantitative estimate of drug-likeness (QED) is 0.491. The summed E-state index contributed by atoms with van der Waals surface area (Å²) < 4.78 is 20.0. The first kappa shape index (κ1) is 21.3. The zero-order chi connectivity index (χ0) is 23.3. The normalized spacial score (nSPS) is 17.9. The number of hydrogen-bond donors (Lipinski definition) is 1. The van der Waals surface area contributed by atoms with E-state index in [2.05, 4.69) is 27.1 Å². The maximum absolute atomic E-state index is 14.5. The van der Waals surface area contributed by atoms with Crippen LogP contribution < -0.4 is 0 Å². The standard InChI is InChI=1S/C25H24FN5O2/c1-13-6-5-7-16(26)21(13)17-9-15-8-14(2)22(23(15)31-30-17)18-10-27-11-19(28-18)24-29-20(12-33-24)25(3,4)32/h5-7,9-12,14,22,32H,8H2,1-4H3. The van der Waals surface area contributed by atoms with Crippen LogP contribution in [0.4, 0.5) is 4.39 Å². The minimum Gasteiger partial charge on any atom is -0.443 e. The number of hydrogen-bond acceptors (Lipinski definition) is 7. The van der Waals surface area contributed by atoms with Crippen molar-refractivity contribution < 1.29 is 13.9 Å². The lowest BCUT2D eigenvalue weighted by atomic mass is 9.93. The third-order valence-electron chi connectivity index (χ3n) is 6.11. The summed E-state index contributed by atoms with van der Waals surface area (Å²) in [6.07, 6.45) is 5.51. The third-order valence-corrected chi connectivity index (χ3v) is 6.11. The lowest BCUT2D eigenvalue weighted by Crippen LogP contribution is -2.15. The van der Waals surface area contributed by atoms with Gasteiger partial charge in [0.1, 0.15) is 29.1 Å². The summed E-state index contributed by atoms with van der Waals surface area (Å²) in [6.45, 7) is 7.28. The van der Waals surface area contributed by atoms with Gasteiger partial charge in [-0.2, -0.15) is 10.2 Å². The Morgan fingerprint density at radius 2 is 1.94 bits per heavy atom. The van der Waals surface area contributed by atoms with E-state index in [1.807, 2.05) is 19.1 Å². The Kier molecular flexibility index (Phi) is 5.05. The Labute approximate surface area is 190 Å². The van der Waals surface area contributed by atoms with Crippen LogP contribution in [0, 0.1) is 18.7 Å². The Bertz CT molecular complexity index is 1320. The molecule has 0 amide bonds. The van der Waals surface area contributed by atoms with Crippen LogP contribution in [0.15, 0.2) is 47.3 Å². The highest BCUT2D eigenvalue weighted by Crippen LogP contribution is 2.41. The molecule has 1 aromatic carbocycles. The van der Waals surface area contributed by atoms with Crippen molar-refractivity contribution in [1.82, 2.24) is 25.1 Å². The van der Waals surface area contributed by atoms with Gasteiger partial charge in [-0.1, -0.05) is 19.1 Å². The van der Waals surface area contributed by atoms with Crippen LogP contribution in [0.3, 0.4) is 0 Å². The molecule has 0 saturated heterocycles. The molecule has 0 radical (unpaired) electrons. The Balaban J connectivity index is 1.51. The summed E-state index contributed by atoms with van der Waals surface area (Å²) in [5, 5.41) is 19.0. The highest BCUT2D eigenvalue weighted by atomic mass is 19.1. The molecule has 2 atom stereocenters. The van der Waals surface area contributed by atoms with Crippen LogP contribution in [0.25, 0.3) is 22.8 Å². The number of nitrogens with zero attached hydrogens (tertiary/aromatic N) is 5. The van der Waals surface area contributed by atoms with E-state index in [0.29, 0.717) is 28.5 Å². The van der Waals surface area contributed by atoms with Crippen molar-refractivity contribution in [2.75, 3.05) is 0 Å². The molecule has 5 rings (SSSR count). The Morgan fingerprint density at radius 3 is 2.67 bits per heavy atom. The largest absolute Gasteiger partial charge is 0.443 e. The zero-order valence-corrected chi connectivity index (χ0v) is 18.9. The number of aromatic nitrogens is 5. The summed E-state index contributed by atoms with van der Waals surface area (Å²) in [6, 6.07) is 6.93. The van der Waals surface area contributed by atoms with Crippen molar-refractivity contribution >= 4 is 0 Å². The average molecular weight is 445 g/mol. The Morgan fingerprint density at radius 1 is 1.12 bits per heavy atom. The van der Waals surface area contributed by atoms with E-state index in [-0.39, 0.29) is 17.7 Å². The van der Waals surface area contributed by atoms with E-state index in [4.69, 9.17) is 9.40 Å². The van der Waals surface area contributed by atoms with Gasteiger partial charge in [0.15, 0.2) is 0 Å². The van der Waals surface area contributed by atoms with Crippen molar-refractivity contribution in [1.29, 1.82) is 0 Å². The number of aryl methyl sites for hydroxylation is 1. The fourth-order valence-corrected chi connectivity index (χ4v) is 4.42. The molecule has 1 aliphatic rings. The second-order valence-electron chi connectivity index (χ2n) is 9.16. The lowest BCUT2D eigenvalue weighted by molar-refractivity contribution is 0.0738. The smallest absolute Gasteiger partial charge is 0.247 e. The maximum Gasteiger partial charge on any atom is 0.247 e. The summed E-state index contributed by atoms with van der Waals surface area (Å²) in [5.41, 5.74) is 4.24. The van der Waals surface area contributed by atoms with Gasteiger partial charge in [0.2, 0.25) is 5.89 Å². The number of benzene rings is 1. The predicted octanol–water partition coefficient (Wildman–Crippen LogP) is 4.59. The van der Waals surface area contributed by atoms with Crippen molar-refractivity contribution in [3.05, 3.63) is 76.9 Å². The van der Waals surface area contributed by atoms with Gasteiger partial charge in [0, 0.05) is 11.8 Å². The zero-order valence-electron chi connectivity index (χ0n) is 18.9. The summed E-state index contributed by atoms with van der Waals surface area (Å²) in [4.78, 5) is 13.5. The van der Waals surface area contributed by atoms with Crippen molar-refractivity contribution in [3.8, 4) is 22.8 Å². The first-order valence-corrected chi connectivity index (χ1v) is 10.8. The van der Waals surface area contributed by atoms with E-state index >= 15 is 0 Å². The van der Waals surface area contributed by atoms with Crippen LogP contribution >= 0.6 is 0 Å². The fraction of sp³-hybridized carbons (Fsp3) is 0.320. The first-order chi connectivity index (χ1) is 15.7. The fourth-order valence-electron chi connectivity index (χ4n) is 4.42. The summed E-state index contributed by atoms with van der Waals surface area (Å²) in [5.74, 6) is 0.109. The molecule has 0 fully saturated rings. The maximum atomic E-state index is 14.5. The first-order valence-electron chi connectivity index (χ1n) is 10.8. The average Bonchev–Trinajstić information content (AvgIpc) is 3.38. The molecule has 0 aliphatic heterocycles. The van der Waals surface area contributed by atoms with Crippen LogP contribution in [-0.4, -0.2) is 30.3 Å². The molecule has 4 aromatic rings. The van der Waals surface area contributed by atoms with Gasteiger partial charge in [0.05, 0.1) is 29.2 Å². The topological polar surface area (TPSA) is 97.8 Å². The van der Waals surface area contributed by atoms with Gasteiger partial charge in [-0.05, 0) is 56.4 Å². The number of halogens is 1. The number of oxazole rings is 1. The molecule has 3 aromatic heterocycles. The highest BCUT2D eigenvalue weighted by Gasteiger charge is 2.35. The summed E-state index contributed by atoms with van der Waals surface area (Å²) in [7, 11) is 0. The monoisotopic (exact) mass is 445 g/mol. The summed E-state index contributed by atoms with van der Waals surface area (Å²) >= 11 is 0.